The highest BCUT2D eigenvalue weighted by molar-refractivity contribution is 5.93. The predicted octanol–water partition coefficient (Wildman–Crippen LogP) is 2.43. The number of hydrogen-bond donors (Lipinski definition) is 2. The fraction of sp³-hybridized carbons (Fsp3) is 0.412. The Hall–Kier alpha value is -2.10. The van der Waals surface area contributed by atoms with Gasteiger partial charge in [0.05, 0.1) is 0 Å². The van der Waals surface area contributed by atoms with Crippen LogP contribution in [0, 0.1) is 5.92 Å². The summed E-state index contributed by atoms with van der Waals surface area (Å²) in [5.41, 5.74) is 4.38. The fourth-order valence-corrected chi connectivity index (χ4v) is 3.65. The van der Waals surface area contributed by atoms with E-state index in [-0.39, 0.29) is 11.9 Å². The molecule has 2 aliphatic rings. The average Bonchev–Trinajstić information content (AvgIpc) is 3.00. The minimum atomic E-state index is -0.0529. The maximum atomic E-state index is 12.3. The van der Waals surface area contributed by atoms with E-state index in [1.54, 1.807) is 0 Å². The van der Waals surface area contributed by atoms with Gasteiger partial charge in [0.1, 0.15) is 5.69 Å². The predicted molar refractivity (Wildman–Crippen MR) is 80.2 cm³/mol. The van der Waals surface area contributed by atoms with Gasteiger partial charge in [-0.2, -0.15) is 5.10 Å². The van der Waals surface area contributed by atoms with E-state index < -0.39 is 0 Å². The summed E-state index contributed by atoms with van der Waals surface area (Å²) in [7, 11) is 0. The van der Waals surface area contributed by atoms with Gasteiger partial charge in [-0.3, -0.25) is 9.89 Å². The van der Waals surface area contributed by atoms with Gasteiger partial charge in [-0.25, -0.2) is 0 Å². The van der Waals surface area contributed by atoms with E-state index in [1.807, 2.05) is 13.0 Å². The lowest BCUT2D eigenvalue weighted by Crippen LogP contribution is -2.27. The van der Waals surface area contributed by atoms with Crippen molar-refractivity contribution in [3.63, 3.8) is 0 Å². The van der Waals surface area contributed by atoms with Gasteiger partial charge in [-0.15, -0.1) is 0 Å². The first-order chi connectivity index (χ1) is 10.3. The van der Waals surface area contributed by atoms with E-state index in [9.17, 15) is 4.79 Å². The molecule has 2 aromatic rings. The third-order valence-corrected chi connectivity index (χ3v) is 4.87. The van der Waals surface area contributed by atoms with Crippen LogP contribution < -0.4 is 5.32 Å². The smallest absolute Gasteiger partial charge is 0.272 e. The average molecular weight is 281 g/mol. The molecule has 1 heterocycles. The van der Waals surface area contributed by atoms with Gasteiger partial charge in [0.2, 0.25) is 0 Å². The van der Waals surface area contributed by atoms with Crippen LogP contribution in [-0.2, 0) is 12.8 Å². The van der Waals surface area contributed by atoms with Gasteiger partial charge in [0.15, 0.2) is 0 Å². The molecule has 1 amide bonds. The molecule has 4 rings (SSSR count). The summed E-state index contributed by atoms with van der Waals surface area (Å²) in [5.74, 6) is 1.06. The molecule has 1 saturated carbocycles. The van der Waals surface area contributed by atoms with Crippen molar-refractivity contribution in [1.29, 1.82) is 0 Å². The number of carbonyl (C=O) groups excluding carboxylic acids is 1. The zero-order valence-corrected chi connectivity index (χ0v) is 12.1. The molecule has 4 heteroatoms. The van der Waals surface area contributed by atoms with Crippen molar-refractivity contribution in [1.82, 2.24) is 15.5 Å². The first-order valence-corrected chi connectivity index (χ1v) is 7.71. The Morgan fingerprint density at radius 1 is 1.43 bits per heavy atom. The largest absolute Gasteiger partial charge is 0.347 e. The number of hydrogen-bond acceptors (Lipinski definition) is 2. The highest BCUT2D eigenvalue weighted by Crippen LogP contribution is 2.54. The van der Waals surface area contributed by atoms with Crippen molar-refractivity contribution in [3.8, 4) is 0 Å². The Kier molecular flexibility index (Phi) is 2.84. The monoisotopic (exact) mass is 281 g/mol. The van der Waals surface area contributed by atoms with Crippen LogP contribution in [0.3, 0.4) is 0 Å². The van der Waals surface area contributed by atoms with E-state index >= 15 is 0 Å². The second kappa shape index (κ2) is 4.72. The summed E-state index contributed by atoms with van der Waals surface area (Å²) in [6.45, 7) is 2.04. The first kappa shape index (κ1) is 12.6. The van der Waals surface area contributed by atoms with Crippen LogP contribution in [0.15, 0.2) is 30.3 Å². The lowest BCUT2D eigenvalue weighted by molar-refractivity contribution is 0.0943. The molecule has 108 valence electrons. The van der Waals surface area contributed by atoms with Crippen LogP contribution in [0.5, 0.6) is 0 Å². The second-order valence-corrected chi connectivity index (χ2v) is 6.06. The molecule has 4 nitrogen and oxygen atoms in total. The quantitative estimate of drug-likeness (QED) is 0.908. The summed E-state index contributed by atoms with van der Waals surface area (Å²) < 4.78 is 0. The van der Waals surface area contributed by atoms with Crippen LogP contribution in [0.4, 0.5) is 0 Å². The molecule has 0 bridgehead atoms. The molecule has 3 atom stereocenters. The normalized spacial score (nSPS) is 25.9. The zero-order chi connectivity index (χ0) is 14.4. The van der Waals surface area contributed by atoms with Gasteiger partial charge < -0.3 is 5.32 Å². The van der Waals surface area contributed by atoms with Gasteiger partial charge in [-0.1, -0.05) is 31.2 Å². The number of benzene rings is 1. The molecule has 0 radical (unpaired) electrons. The van der Waals surface area contributed by atoms with Crippen LogP contribution in [0.2, 0.25) is 0 Å². The third kappa shape index (κ3) is 2.06. The Balaban J connectivity index is 1.49. The lowest BCUT2D eigenvalue weighted by atomic mass is 9.92. The molecule has 2 aliphatic carbocycles. The number of aryl methyl sites for hydroxylation is 2. The van der Waals surface area contributed by atoms with E-state index in [1.165, 1.54) is 17.5 Å². The number of amides is 1. The zero-order valence-electron chi connectivity index (χ0n) is 12.1. The maximum absolute atomic E-state index is 12.3. The Morgan fingerprint density at radius 3 is 3.10 bits per heavy atom. The van der Waals surface area contributed by atoms with Crippen molar-refractivity contribution in [3.05, 3.63) is 52.8 Å². The number of aromatic amines is 1. The number of rotatable bonds is 3. The second-order valence-electron chi connectivity index (χ2n) is 6.06. The molecule has 21 heavy (non-hydrogen) atoms. The molecule has 2 N–H and O–H groups in total. The Morgan fingerprint density at radius 2 is 2.29 bits per heavy atom. The fourth-order valence-electron chi connectivity index (χ4n) is 3.65. The molecule has 1 aromatic carbocycles. The van der Waals surface area contributed by atoms with Crippen molar-refractivity contribution in [2.24, 2.45) is 5.92 Å². The number of H-pyrrole nitrogens is 1. The topological polar surface area (TPSA) is 57.8 Å². The summed E-state index contributed by atoms with van der Waals surface area (Å²) in [6.07, 6.45) is 3.17. The minimum Gasteiger partial charge on any atom is -0.347 e. The molecule has 0 saturated heterocycles. The number of carbonyl (C=O) groups is 1. The van der Waals surface area contributed by atoms with Gasteiger partial charge in [0, 0.05) is 17.7 Å². The van der Waals surface area contributed by atoms with E-state index in [0.29, 0.717) is 17.5 Å². The molecular formula is C17H19N3O. The van der Waals surface area contributed by atoms with Gasteiger partial charge >= 0.3 is 0 Å². The van der Waals surface area contributed by atoms with E-state index in [2.05, 4.69) is 39.8 Å². The lowest BCUT2D eigenvalue weighted by Gasteiger charge is -2.13. The summed E-state index contributed by atoms with van der Waals surface area (Å²) in [4.78, 5) is 12.3. The van der Waals surface area contributed by atoms with Gasteiger partial charge in [0.25, 0.3) is 5.91 Å². The van der Waals surface area contributed by atoms with Crippen LogP contribution in [-0.4, -0.2) is 22.1 Å². The highest BCUT2D eigenvalue weighted by Gasteiger charge is 2.53. The van der Waals surface area contributed by atoms with E-state index in [0.717, 1.165) is 18.5 Å². The minimum absolute atomic E-state index is 0.0529. The maximum Gasteiger partial charge on any atom is 0.272 e. The molecule has 1 aromatic heterocycles. The van der Waals surface area contributed by atoms with Crippen LogP contribution in [0.25, 0.3) is 0 Å². The summed E-state index contributed by atoms with van der Waals surface area (Å²) in [6, 6.07) is 10.7. The molecule has 0 spiro atoms. The SMILES string of the molecule is CCc1cc(C(=O)NC2C3CCc4ccccc4C32)n[nH]1. The van der Waals surface area contributed by atoms with Crippen LogP contribution in [0.1, 0.15) is 46.6 Å². The number of fused-ring (bicyclic) bond motifs is 3. The van der Waals surface area contributed by atoms with Crippen molar-refractivity contribution >= 4 is 5.91 Å². The van der Waals surface area contributed by atoms with Crippen molar-refractivity contribution in [2.75, 3.05) is 0 Å². The number of aromatic nitrogens is 2. The third-order valence-electron chi connectivity index (χ3n) is 4.87. The molecule has 0 aliphatic heterocycles. The number of nitrogens with one attached hydrogen (secondary N) is 2. The van der Waals surface area contributed by atoms with Crippen molar-refractivity contribution in [2.45, 2.75) is 38.1 Å². The van der Waals surface area contributed by atoms with E-state index in [4.69, 9.17) is 0 Å². The Bertz CT molecular complexity index is 691. The summed E-state index contributed by atoms with van der Waals surface area (Å²) >= 11 is 0. The number of nitrogens with zero attached hydrogens (tertiary/aromatic N) is 1. The van der Waals surface area contributed by atoms with Crippen LogP contribution >= 0.6 is 0 Å². The molecule has 1 fully saturated rings. The van der Waals surface area contributed by atoms with Gasteiger partial charge in [-0.05, 0) is 42.4 Å². The Labute approximate surface area is 124 Å². The molecular weight excluding hydrogens is 262 g/mol. The summed E-state index contributed by atoms with van der Waals surface area (Å²) in [5, 5.41) is 10.2. The first-order valence-electron chi connectivity index (χ1n) is 7.71. The van der Waals surface area contributed by atoms with Crippen molar-refractivity contribution < 1.29 is 4.79 Å². The highest BCUT2D eigenvalue weighted by atomic mass is 16.2. The standard InChI is InChI=1S/C17H19N3O/c1-2-11-9-14(20-19-11)17(21)18-16-13-8-7-10-5-3-4-6-12(10)15(13)16/h3-6,9,13,15-16H,2,7-8H2,1H3,(H,18,21)(H,19,20). The molecule has 3 unspecified atom stereocenters.